The van der Waals surface area contributed by atoms with E-state index in [1.807, 2.05) is 0 Å². The van der Waals surface area contributed by atoms with Gasteiger partial charge in [0, 0.05) is 0 Å². The maximum atomic E-state index is 11.7. The van der Waals surface area contributed by atoms with E-state index in [2.05, 4.69) is 31.9 Å². The van der Waals surface area contributed by atoms with Crippen molar-refractivity contribution in [3.8, 4) is 0 Å². The predicted octanol–water partition coefficient (Wildman–Crippen LogP) is 2.76. The van der Waals surface area contributed by atoms with Crippen molar-refractivity contribution in [1.29, 1.82) is 0 Å². The zero-order chi connectivity index (χ0) is 6.08. The molecule has 1 atom stereocenters. The van der Waals surface area contributed by atoms with Crippen molar-refractivity contribution in [3.63, 3.8) is 0 Å². The summed E-state index contributed by atoms with van der Waals surface area (Å²) >= 11 is 4.86. The average Bonchev–Trinajstić information content (AvgIpc) is 1.31. The maximum absolute atomic E-state index is 11.7. The Morgan fingerprint density at radius 3 is 1.71 bits per heavy atom. The van der Waals surface area contributed by atoms with E-state index in [0.29, 0.717) is 0 Å². The van der Waals surface area contributed by atoms with Crippen LogP contribution in [-0.2, 0) is 0 Å². The second kappa shape index (κ2) is 2.40. The first-order valence-corrected chi connectivity index (χ1v) is 3.36. The van der Waals surface area contributed by atoms with Crippen LogP contribution in [0.4, 0.5) is 8.78 Å². The van der Waals surface area contributed by atoms with Crippen LogP contribution >= 0.6 is 31.9 Å². The highest BCUT2D eigenvalue weighted by Gasteiger charge is 2.29. The summed E-state index contributed by atoms with van der Waals surface area (Å²) in [6.07, 6.45) is 0. The number of rotatable bonds is 1. The summed E-state index contributed by atoms with van der Waals surface area (Å²) in [5, 5.41) is 0. The number of alkyl halides is 4. The molecule has 0 fully saturated rings. The van der Waals surface area contributed by atoms with Crippen LogP contribution in [0, 0.1) is 0 Å². The number of hydrogen-bond donors (Lipinski definition) is 0. The molecule has 0 aliphatic carbocycles. The first-order chi connectivity index (χ1) is 2.94. The van der Waals surface area contributed by atoms with Gasteiger partial charge in [0.2, 0.25) is 0 Å². The summed E-state index contributed by atoms with van der Waals surface area (Å²) in [4.78, 5) is -3.58. The number of hydrogen-bond acceptors (Lipinski definition) is 0. The highest BCUT2D eigenvalue weighted by Crippen LogP contribution is 2.30. The molecule has 44 valence electrons. The van der Waals surface area contributed by atoms with E-state index >= 15 is 0 Å². The van der Waals surface area contributed by atoms with Gasteiger partial charge in [0.05, 0.1) is 4.83 Å². The lowest BCUT2D eigenvalue weighted by molar-refractivity contribution is 0.119. The number of halogens is 4. The lowest BCUT2D eigenvalue weighted by Gasteiger charge is -2.08. The molecule has 0 amide bonds. The fourth-order valence-corrected chi connectivity index (χ4v) is 0. The maximum Gasteiger partial charge on any atom is 0.313 e. The molecule has 1 unspecified atom stereocenters. The Morgan fingerprint density at radius 2 is 1.71 bits per heavy atom. The molecule has 0 rings (SSSR count). The first-order valence-electron chi connectivity index (χ1n) is 1.65. The molecule has 0 nitrogen and oxygen atoms in total. The molecule has 4 heteroatoms. The first kappa shape index (κ1) is 7.82. The summed E-state index contributed by atoms with van der Waals surface area (Å²) in [6, 6.07) is 0. The third kappa shape index (κ3) is 3.41. The highest BCUT2D eigenvalue weighted by molar-refractivity contribution is 9.12. The average molecular weight is 238 g/mol. The molecule has 7 heavy (non-hydrogen) atoms. The van der Waals surface area contributed by atoms with E-state index in [1.54, 1.807) is 0 Å². The molecule has 0 aromatic heterocycles. The Labute approximate surface area is 57.5 Å². The zero-order valence-corrected chi connectivity index (χ0v) is 6.76. The molecule has 0 aliphatic heterocycles. The SMILES string of the molecule is CC(Br)C(F)(F)Br. The van der Waals surface area contributed by atoms with Crippen LogP contribution in [0.3, 0.4) is 0 Å². The Morgan fingerprint density at radius 1 is 1.57 bits per heavy atom. The Hall–Kier alpha value is 0.820. The van der Waals surface area contributed by atoms with Crippen LogP contribution in [0.1, 0.15) is 6.92 Å². The molecular formula is C3H4Br2F2. The van der Waals surface area contributed by atoms with Gasteiger partial charge in [-0.1, -0.05) is 15.9 Å². The summed E-state index contributed by atoms with van der Waals surface area (Å²) in [5.74, 6) is 0. The lowest BCUT2D eigenvalue weighted by Crippen LogP contribution is -2.16. The van der Waals surface area contributed by atoms with Gasteiger partial charge in [-0.25, -0.2) is 0 Å². The third-order valence-electron chi connectivity index (χ3n) is 0.451. The smallest absolute Gasteiger partial charge is 0.193 e. The van der Waals surface area contributed by atoms with Gasteiger partial charge in [0.1, 0.15) is 0 Å². The predicted molar refractivity (Wildman–Crippen MR) is 32.3 cm³/mol. The third-order valence-corrected chi connectivity index (χ3v) is 2.33. The monoisotopic (exact) mass is 236 g/mol. The van der Waals surface area contributed by atoms with Crippen molar-refractivity contribution < 1.29 is 8.78 Å². The van der Waals surface area contributed by atoms with Gasteiger partial charge in [-0.15, -0.1) is 0 Å². The van der Waals surface area contributed by atoms with Crippen LogP contribution in [0.25, 0.3) is 0 Å². The lowest BCUT2D eigenvalue weighted by atomic mass is 10.5. The molecule has 0 aromatic rings. The largest absolute Gasteiger partial charge is 0.313 e. The molecule has 0 bridgehead atoms. The molecule has 0 saturated heterocycles. The van der Waals surface area contributed by atoms with Crippen molar-refractivity contribution in [2.24, 2.45) is 0 Å². The van der Waals surface area contributed by atoms with Crippen molar-refractivity contribution in [3.05, 3.63) is 0 Å². The van der Waals surface area contributed by atoms with Gasteiger partial charge >= 0.3 is 4.83 Å². The van der Waals surface area contributed by atoms with E-state index in [0.717, 1.165) is 0 Å². The molecule has 0 aliphatic rings. The summed E-state index contributed by atoms with van der Waals surface area (Å²) < 4.78 is 23.4. The van der Waals surface area contributed by atoms with E-state index < -0.39 is 9.66 Å². The molecule has 0 heterocycles. The summed E-state index contributed by atoms with van der Waals surface area (Å²) in [6.45, 7) is 1.37. The second-order valence-corrected chi connectivity index (χ2v) is 3.59. The quantitative estimate of drug-likeness (QED) is 0.616. The summed E-state index contributed by atoms with van der Waals surface area (Å²) in [5.41, 5.74) is 0. The molecule has 0 radical (unpaired) electrons. The Kier molecular flexibility index (Phi) is 2.68. The van der Waals surface area contributed by atoms with Crippen molar-refractivity contribution in [1.82, 2.24) is 0 Å². The van der Waals surface area contributed by atoms with Crippen LogP contribution < -0.4 is 0 Å². The summed E-state index contributed by atoms with van der Waals surface area (Å²) in [7, 11) is 0. The van der Waals surface area contributed by atoms with E-state index in [1.165, 1.54) is 6.92 Å². The second-order valence-electron chi connectivity index (χ2n) is 1.16. The van der Waals surface area contributed by atoms with Crippen LogP contribution in [0.5, 0.6) is 0 Å². The van der Waals surface area contributed by atoms with Crippen molar-refractivity contribution in [2.75, 3.05) is 0 Å². The Bertz CT molecular complexity index is 56.4. The van der Waals surface area contributed by atoms with Gasteiger partial charge in [0.15, 0.2) is 0 Å². The van der Waals surface area contributed by atoms with Gasteiger partial charge in [-0.2, -0.15) is 8.78 Å². The standard InChI is InChI=1S/C3H4Br2F2/c1-2(4)3(5,6)7/h2H,1H3. The zero-order valence-electron chi connectivity index (χ0n) is 3.59. The molecule has 0 aromatic carbocycles. The van der Waals surface area contributed by atoms with E-state index in [9.17, 15) is 8.78 Å². The normalized spacial score (nSPS) is 16.7. The van der Waals surface area contributed by atoms with Gasteiger partial charge in [-0.05, 0) is 22.9 Å². The molecular weight excluding hydrogens is 234 g/mol. The minimum atomic E-state index is -2.77. The topological polar surface area (TPSA) is 0 Å². The fourth-order valence-electron chi connectivity index (χ4n) is 0. The van der Waals surface area contributed by atoms with Gasteiger partial charge in [0.25, 0.3) is 0 Å². The minimum absolute atomic E-state index is 0.806. The van der Waals surface area contributed by atoms with Crippen LogP contribution in [0.2, 0.25) is 0 Å². The Balaban J connectivity index is 3.54. The fraction of sp³-hybridized carbons (Fsp3) is 1.00. The van der Waals surface area contributed by atoms with Crippen molar-refractivity contribution >= 4 is 31.9 Å². The minimum Gasteiger partial charge on any atom is -0.193 e. The van der Waals surface area contributed by atoms with E-state index in [-0.39, 0.29) is 0 Å². The van der Waals surface area contributed by atoms with Gasteiger partial charge in [-0.3, -0.25) is 0 Å². The van der Waals surface area contributed by atoms with E-state index in [4.69, 9.17) is 0 Å². The highest BCUT2D eigenvalue weighted by atomic mass is 79.9. The van der Waals surface area contributed by atoms with Gasteiger partial charge < -0.3 is 0 Å². The van der Waals surface area contributed by atoms with Crippen LogP contribution in [0.15, 0.2) is 0 Å². The molecule has 0 spiro atoms. The molecule has 0 saturated carbocycles. The van der Waals surface area contributed by atoms with Crippen molar-refractivity contribution in [2.45, 2.75) is 16.6 Å². The molecule has 0 N–H and O–H groups in total. The van der Waals surface area contributed by atoms with Crippen LogP contribution in [-0.4, -0.2) is 9.66 Å².